The first kappa shape index (κ1) is 20.4. The smallest absolute Gasteiger partial charge is 0.344 e. The lowest BCUT2D eigenvalue weighted by Gasteiger charge is -2.36. The molecule has 2 aromatic carbocycles. The van der Waals surface area contributed by atoms with E-state index in [0.29, 0.717) is 26.2 Å². The van der Waals surface area contributed by atoms with Crippen LogP contribution in [0.5, 0.6) is 11.5 Å². The van der Waals surface area contributed by atoms with Crippen molar-refractivity contribution in [2.24, 2.45) is 0 Å². The van der Waals surface area contributed by atoms with Gasteiger partial charge in [-0.1, -0.05) is 6.07 Å². The van der Waals surface area contributed by atoms with Crippen LogP contribution in [0.25, 0.3) is 0 Å². The average Bonchev–Trinajstić information content (AvgIpc) is 2.76. The maximum absolute atomic E-state index is 13.1. The number of methoxy groups -OCH3 is 1. The minimum atomic E-state index is -0.681. The van der Waals surface area contributed by atoms with Crippen LogP contribution in [0.1, 0.15) is 0 Å². The van der Waals surface area contributed by atoms with Crippen molar-refractivity contribution in [3.05, 3.63) is 54.3 Å². The standard InChI is InChI=1S/C21H23FN2O5/c1-27-18-7-5-17(6-8-18)23-9-11-24(12-10-23)20(25)14-29-21(26)15-28-19-4-2-3-16(22)13-19/h2-8,13H,9-12,14-15H2,1H3. The molecule has 2 aromatic rings. The van der Waals surface area contributed by atoms with E-state index in [2.05, 4.69) is 4.90 Å². The molecule has 7 nitrogen and oxygen atoms in total. The number of benzene rings is 2. The molecule has 1 heterocycles. The first-order valence-corrected chi connectivity index (χ1v) is 9.26. The van der Waals surface area contributed by atoms with Gasteiger partial charge in [-0.25, -0.2) is 9.18 Å². The molecule has 1 saturated heterocycles. The summed E-state index contributed by atoms with van der Waals surface area (Å²) in [7, 11) is 1.62. The Hall–Kier alpha value is -3.29. The van der Waals surface area contributed by atoms with Gasteiger partial charge in [0.15, 0.2) is 13.2 Å². The highest BCUT2D eigenvalue weighted by atomic mass is 19.1. The van der Waals surface area contributed by atoms with Crippen LogP contribution in [-0.4, -0.2) is 63.3 Å². The number of rotatable bonds is 7. The third kappa shape index (κ3) is 5.84. The Balaban J connectivity index is 1.38. The number of carbonyl (C=O) groups is 2. The summed E-state index contributed by atoms with van der Waals surface area (Å²) in [6, 6.07) is 13.2. The van der Waals surface area contributed by atoms with E-state index in [4.69, 9.17) is 14.2 Å². The molecule has 1 amide bonds. The molecule has 0 aliphatic carbocycles. The second-order valence-electron chi connectivity index (χ2n) is 6.47. The van der Waals surface area contributed by atoms with Gasteiger partial charge in [-0.05, 0) is 36.4 Å². The summed E-state index contributed by atoms with van der Waals surface area (Å²) in [5.74, 6) is -0.369. The van der Waals surface area contributed by atoms with Gasteiger partial charge in [0.25, 0.3) is 5.91 Å². The first-order valence-electron chi connectivity index (χ1n) is 9.26. The van der Waals surface area contributed by atoms with Crippen molar-refractivity contribution in [1.82, 2.24) is 4.90 Å². The highest BCUT2D eigenvalue weighted by Crippen LogP contribution is 2.20. The van der Waals surface area contributed by atoms with E-state index in [9.17, 15) is 14.0 Å². The van der Waals surface area contributed by atoms with E-state index in [0.717, 1.165) is 11.4 Å². The maximum atomic E-state index is 13.1. The summed E-state index contributed by atoms with van der Waals surface area (Å²) in [6.07, 6.45) is 0. The quantitative estimate of drug-likeness (QED) is 0.661. The lowest BCUT2D eigenvalue weighted by molar-refractivity contribution is -0.153. The summed E-state index contributed by atoms with van der Waals surface area (Å²) < 4.78 is 28.3. The van der Waals surface area contributed by atoms with Crippen LogP contribution in [0, 0.1) is 5.82 Å². The highest BCUT2D eigenvalue weighted by Gasteiger charge is 2.22. The van der Waals surface area contributed by atoms with E-state index in [1.807, 2.05) is 24.3 Å². The minimum Gasteiger partial charge on any atom is -0.497 e. The van der Waals surface area contributed by atoms with E-state index >= 15 is 0 Å². The van der Waals surface area contributed by atoms with Gasteiger partial charge >= 0.3 is 5.97 Å². The second-order valence-corrected chi connectivity index (χ2v) is 6.47. The van der Waals surface area contributed by atoms with Gasteiger partial charge in [0, 0.05) is 37.9 Å². The molecule has 0 spiro atoms. The van der Waals surface area contributed by atoms with E-state index in [-0.39, 0.29) is 24.9 Å². The molecular formula is C21H23FN2O5. The fraction of sp³-hybridized carbons (Fsp3) is 0.333. The van der Waals surface area contributed by atoms with Gasteiger partial charge in [0.1, 0.15) is 17.3 Å². The number of hydrogen-bond donors (Lipinski definition) is 0. The summed E-state index contributed by atoms with van der Waals surface area (Å²) >= 11 is 0. The van der Waals surface area contributed by atoms with Gasteiger partial charge in [-0.2, -0.15) is 0 Å². The number of carbonyl (C=O) groups excluding carboxylic acids is 2. The van der Waals surface area contributed by atoms with Crippen molar-refractivity contribution in [2.75, 3.05) is 51.4 Å². The van der Waals surface area contributed by atoms with Crippen LogP contribution < -0.4 is 14.4 Å². The first-order chi connectivity index (χ1) is 14.0. The number of halogens is 1. The van der Waals surface area contributed by atoms with Crippen LogP contribution in [0.15, 0.2) is 48.5 Å². The third-order valence-corrected chi connectivity index (χ3v) is 4.58. The number of ether oxygens (including phenoxy) is 3. The SMILES string of the molecule is COc1ccc(N2CCN(C(=O)COC(=O)COc3cccc(F)c3)CC2)cc1. The maximum Gasteiger partial charge on any atom is 0.344 e. The van der Waals surface area contributed by atoms with Crippen molar-refractivity contribution in [3.63, 3.8) is 0 Å². The monoisotopic (exact) mass is 402 g/mol. The topological polar surface area (TPSA) is 68.3 Å². The number of hydrogen-bond acceptors (Lipinski definition) is 6. The molecule has 3 rings (SSSR count). The van der Waals surface area contributed by atoms with Crippen LogP contribution >= 0.6 is 0 Å². The van der Waals surface area contributed by atoms with E-state index < -0.39 is 11.8 Å². The van der Waals surface area contributed by atoms with Crippen molar-refractivity contribution >= 4 is 17.6 Å². The molecule has 0 bridgehead atoms. The average molecular weight is 402 g/mol. The van der Waals surface area contributed by atoms with Gasteiger partial charge < -0.3 is 24.0 Å². The molecule has 0 saturated carbocycles. The van der Waals surface area contributed by atoms with Crippen LogP contribution in [-0.2, 0) is 14.3 Å². The zero-order chi connectivity index (χ0) is 20.6. The van der Waals surface area contributed by atoms with Crippen molar-refractivity contribution in [1.29, 1.82) is 0 Å². The molecule has 0 atom stereocenters. The zero-order valence-electron chi connectivity index (χ0n) is 16.2. The van der Waals surface area contributed by atoms with Gasteiger partial charge in [-0.3, -0.25) is 4.79 Å². The Kier molecular flexibility index (Phi) is 6.89. The lowest BCUT2D eigenvalue weighted by Crippen LogP contribution is -2.50. The fourth-order valence-electron chi connectivity index (χ4n) is 2.98. The number of amides is 1. The predicted molar refractivity (Wildman–Crippen MR) is 105 cm³/mol. The lowest BCUT2D eigenvalue weighted by atomic mass is 10.2. The minimum absolute atomic E-state index is 0.225. The van der Waals surface area contributed by atoms with Crippen molar-refractivity contribution in [2.45, 2.75) is 0 Å². The van der Waals surface area contributed by atoms with Crippen molar-refractivity contribution < 1.29 is 28.2 Å². The summed E-state index contributed by atoms with van der Waals surface area (Å²) in [5, 5.41) is 0. The molecule has 1 aliphatic rings. The van der Waals surface area contributed by atoms with E-state index in [1.165, 1.54) is 24.3 Å². The Labute approximate surface area is 168 Å². The number of esters is 1. The van der Waals surface area contributed by atoms with Gasteiger partial charge in [0.05, 0.1) is 7.11 Å². The van der Waals surface area contributed by atoms with Crippen molar-refractivity contribution in [3.8, 4) is 11.5 Å². The summed E-state index contributed by atoms with van der Waals surface area (Å²) in [4.78, 5) is 27.9. The van der Waals surface area contributed by atoms with Crippen LogP contribution in [0.4, 0.5) is 10.1 Å². The summed E-state index contributed by atoms with van der Waals surface area (Å²) in [6.45, 7) is 1.74. The predicted octanol–water partition coefficient (Wildman–Crippen LogP) is 2.11. The molecule has 0 N–H and O–H groups in total. The fourth-order valence-corrected chi connectivity index (χ4v) is 2.98. The Morgan fingerprint density at radius 3 is 2.34 bits per heavy atom. The Morgan fingerprint density at radius 2 is 1.69 bits per heavy atom. The Bertz CT molecular complexity index is 835. The van der Waals surface area contributed by atoms with Gasteiger partial charge in [-0.15, -0.1) is 0 Å². The molecule has 1 aliphatic heterocycles. The molecule has 0 radical (unpaired) electrons. The number of piperazine rings is 1. The third-order valence-electron chi connectivity index (χ3n) is 4.58. The molecule has 0 aromatic heterocycles. The van der Waals surface area contributed by atoms with Crippen LogP contribution in [0.2, 0.25) is 0 Å². The number of anilines is 1. The molecule has 154 valence electrons. The molecule has 0 unspecified atom stereocenters. The molecule has 1 fully saturated rings. The Morgan fingerprint density at radius 1 is 0.966 bits per heavy atom. The van der Waals surface area contributed by atoms with Gasteiger partial charge in [0.2, 0.25) is 0 Å². The molecule has 29 heavy (non-hydrogen) atoms. The van der Waals surface area contributed by atoms with E-state index in [1.54, 1.807) is 12.0 Å². The number of nitrogens with zero attached hydrogens (tertiary/aromatic N) is 2. The summed E-state index contributed by atoms with van der Waals surface area (Å²) in [5.41, 5.74) is 1.07. The zero-order valence-corrected chi connectivity index (χ0v) is 16.2. The largest absolute Gasteiger partial charge is 0.497 e. The highest BCUT2D eigenvalue weighted by molar-refractivity contribution is 5.81. The van der Waals surface area contributed by atoms with Crippen LogP contribution in [0.3, 0.4) is 0 Å². The molecule has 8 heteroatoms. The second kappa shape index (κ2) is 9.77. The molecular weight excluding hydrogens is 379 g/mol. The normalized spacial score (nSPS) is 13.7.